The van der Waals surface area contributed by atoms with Crippen LogP contribution in [-0.4, -0.2) is 51.6 Å². The molecule has 4 aromatic rings. The number of fused-ring (bicyclic) bond motifs is 3. The summed E-state index contributed by atoms with van der Waals surface area (Å²) in [7, 11) is 3.09. The molecule has 0 amide bonds. The molecule has 1 aliphatic rings. The zero-order valence-corrected chi connectivity index (χ0v) is 22.4. The van der Waals surface area contributed by atoms with Gasteiger partial charge in [-0.05, 0) is 54.1 Å². The first-order chi connectivity index (χ1) is 18.9. The molecule has 204 valence electrons. The molecule has 0 unspecified atom stereocenters. The lowest BCUT2D eigenvalue weighted by atomic mass is 9.98. The molecule has 10 nitrogen and oxygen atoms in total. The topological polar surface area (TPSA) is 103 Å². The maximum atomic E-state index is 15.6. The highest BCUT2D eigenvalue weighted by molar-refractivity contribution is 6.30. The van der Waals surface area contributed by atoms with Gasteiger partial charge in [-0.2, -0.15) is 0 Å². The predicted octanol–water partition coefficient (Wildman–Crippen LogP) is 4.63. The summed E-state index contributed by atoms with van der Waals surface area (Å²) >= 11 is 6.34. The first-order valence-electron chi connectivity index (χ1n) is 12.4. The molecular formula is C27H27ClFN5O5. The molecule has 0 N–H and O–H groups in total. The Balaban J connectivity index is 1.56. The maximum Gasteiger partial charge on any atom is 0.313 e. The molecule has 2 aromatic carbocycles. The summed E-state index contributed by atoms with van der Waals surface area (Å²) in [6.07, 6.45) is 0.871. The van der Waals surface area contributed by atoms with Crippen LogP contribution in [0.4, 0.5) is 4.39 Å². The Morgan fingerprint density at radius 3 is 2.77 bits per heavy atom. The molecule has 5 rings (SSSR count). The number of carbonyl (C=O) groups is 1. The number of para-hydroxylation sites is 1. The lowest BCUT2D eigenvalue weighted by Gasteiger charge is -2.25. The fourth-order valence-corrected chi connectivity index (χ4v) is 5.10. The molecule has 0 radical (unpaired) electrons. The van der Waals surface area contributed by atoms with E-state index in [2.05, 4.69) is 15.5 Å². The highest BCUT2D eigenvalue weighted by Crippen LogP contribution is 2.47. The number of benzene rings is 2. The number of nitrogens with zero attached hydrogens (tertiary/aromatic N) is 5. The van der Waals surface area contributed by atoms with Crippen molar-refractivity contribution in [1.29, 1.82) is 0 Å². The van der Waals surface area contributed by atoms with Crippen LogP contribution in [0.3, 0.4) is 0 Å². The lowest BCUT2D eigenvalue weighted by molar-refractivity contribution is -0.142. The van der Waals surface area contributed by atoms with Crippen molar-refractivity contribution >= 4 is 17.6 Å². The molecule has 12 heteroatoms. The number of ether oxygens (including phenoxy) is 4. The van der Waals surface area contributed by atoms with Crippen LogP contribution < -0.4 is 9.47 Å². The van der Waals surface area contributed by atoms with E-state index in [0.717, 1.165) is 5.69 Å². The van der Waals surface area contributed by atoms with Crippen LogP contribution in [0.25, 0.3) is 5.69 Å². The van der Waals surface area contributed by atoms with Gasteiger partial charge in [0.25, 0.3) is 0 Å². The number of carbonyl (C=O) groups excluding carboxylic acids is 1. The van der Waals surface area contributed by atoms with Gasteiger partial charge in [-0.1, -0.05) is 23.7 Å². The molecule has 3 heterocycles. The van der Waals surface area contributed by atoms with Crippen molar-refractivity contribution in [2.24, 2.45) is 0 Å². The van der Waals surface area contributed by atoms with Crippen molar-refractivity contribution in [3.8, 4) is 17.2 Å². The molecule has 0 spiro atoms. The number of hydrogen-bond acceptors (Lipinski definition) is 8. The summed E-state index contributed by atoms with van der Waals surface area (Å²) in [6, 6.07) is 12.2. The van der Waals surface area contributed by atoms with Gasteiger partial charge >= 0.3 is 5.97 Å². The van der Waals surface area contributed by atoms with E-state index >= 15 is 4.39 Å². The van der Waals surface area contributed by atoms with Crippen molar-refractivity contribution in [1.82, 2.24) is 24.8 Å². The third-order valence-corrected chi connectivity index (χ3v) is 6.74. The first-order valence-corrected chi connectivity index (χ1v) is 12.8. The smallest absolute Gasteiger partial charge is 0.313 e. The molecule has 0 saturated heterocycles. The highest BCUT2D eigenvalue weighted by Gasteiger charge is 2.34. The minimum Gasteiger partial charge on any atom is -0.493 e. The highest BCUT2D eigenvalue weighted by atomic mass is 35.5. The van der Waals surface area contributed by atoms with Crippen molar-refractivity contribution in [2.75, 3.05) is 20.8 Å². The van der Waals surface area contributed by atoms with Crippen LogP contribution in [0.5, 0.6) is 11.5 Å². The number of halogens is 2. The number of esters is 1. The third-order valence-electron chi connectivity index (χ3n) is 6.52. The van der Waals surface area contributed by atoms with Crippen LogP contribution in [0.15, 0.2) is 48.7 Å². The molecular weight excluding hydrogens is 529 g/mol. The van der Waals surface area contributed by atoms with E-state index in [0.29, 0.717) is 47.1 Å². The van der Waals surface area contributed by atoms with Gasteiger partial charge in [-0.15, -0.1) is 5.10 Å². The number of tetrazole rings is 1. The standard InChI is InChI=1S/C27H27ClFN5O5/c1-4-38-24(35)15-23-30-31-32-34(23)12-10-21-20-8-6-11-33(20)25-18(13-16(28)14-19(25)29)26(39-21)17-7-5-9-22(36-2)27(17)37-3/h5-9,11,13-14,21,26H,4,10,12,15H2,1-3H3/t21-,26-/m1/s1. The second-order valence-corrected chi connectivity index (χ2v) is 9.24. The van der Waals surface area contributed by atoms with Gasteiger partial charge in [-0.3, -0.25) is 4.79 Å². The van der Waals surface area contributed by atoms with E-state index in [4.69, 9.17) is 30.5 Å². The fourth-order valence-electron chi connectivity index (χ4n) is 4.89. The van der Waals surface area contributed by atoms with Gasteiger partial charge in [0.15, 0.2) is 17.3 Å². The maximum absolute atomic E-state index is 15.6. The number of methoxy groups -OCH3 is 2. The Labute approximate surface area is 229 Å². The largest absolute Gasteiger partial charge is 0.493 e. The van der Waals surface area contributed by atoms with Crippen LogP contribution in [-0.2, 0) is 27.2 Å². The minimum absolute atomic E-state index is 0.0540. The van der Waals surface area contributed by atoms with Crippen LogP contribution >= 0.6 is 11.6 Å². The monoisotopic (exact) mass is 555 g/mol. The number of hydrogen-bond donors (Lipinski definition) is 0. The number of rotatable bonds is 9. The van der Waals surface area contributed by atoms with Gasteiger partial charge in [-0.25, -0.2) is 9.07 Å². The zero-order valence-electron chi connectivity index (χ0n) is 21.6. The molecule has 0 fully saturated rings. The normalized spacial score (nSPS) is 16.2. The Morgan fingerprint density at radius 1 is 1.15 bits per heavy atom. The van der Waals surface area contributed by atoms with E-state index in [1.54, 1.807) is 48.7 Å². The van der Waals surface area contributed by atoms with Crippen molar-refractivity contribution < 1.29 is 28.1 Å². The van der Waals surface area contributed by atoms with Crippen molar-refractivity contribution in [2.45, 2.75) is 38.5 Å². The Bertz CT molecular complexity index is 1490. The SMILES string of the molecule is CCOC(=O)Cc1nnnn1CC[C@H]1O[C@H](c2cccc(OC)c2OC)c2cc(Cl)cc(F)c2-n2cccc21. The quantitative estimate of drug-likeness (QED) is 0.275. The minimum atomic E-state index is -0.754. The first kappa shape index (κ1) is 26.6. The van der Waals surface area contributed by atoms with Crippen molar-refractivity contribution in [3.05, 3.63) is 82.1 Å². The summed E-state index contributed by atoms with van der Waals surface area (Å²) in [5.41, 5.74) is 2.27. The molecule has 0 aliphatic carbocycles. The van der Waals surface area contributed by atoms with Crippen LogP contribution in [0.2, 0.25) is 5.02 Å². The average molecular weight is 556 g/mol. The average Bonchev–Trinajstić information content (AvgIpc) is 3.55. The van der Waals surface area contributed by atoms with E-state index in [9.17, 15) is 4.79 Å². The summed E-state index contributed by atoms with van der Waals surface area (Å²) in [5.74, 6) is 0.466. The molecule has 0 saturated carbocycles. The van der Waals surface area contributed by atoms with E-state index in [-0.39, 0.29) is 18.1 Å². The Kier molecular flexibility index (Phi) is 7.80. The summed E-state index contributed by atoms with van der Waals surface area (Å²) in [6.45, 7) is 2.34. The third kappa shape index (κ3) is 5.19. The number of aryl methyl sites for hydroxylation is 1. The summed E-state index contributed by atoms with van der Waals surface area (Å²) in [4.78, 5) is 12.0. The Hall–Kier alpha value is -3.96. The fraction of sp³-hybridized carbons (Fsp3) is 0.333. The zero-order chi connectivity index (χ0) is 27.5. The van der Waals surface area contributed by atoms with E-state index < -0.39 is 24.0 Å². The van der Waals surface area contributed by atoms with Gasteiger partial charge in [0.2, 0.25) is 0 Å². The predicted molar refractivity (Wildman–Crippen MR) is 139 cm³/mol. The second-order valence-electron chi connectivity index (χ2n) is 8.80. The van der Waals surface area contributed by atoms with Gasteiger partial charge in [0.05, 0.1) is 32.2 Å². The molecule has 2 aromatic heterocycles. The molecule has 2 atom stereocenters. The summed E-state index contributed by atoms with van der Waals surface area (Å²) in [5, 5.41) is 12.0. The van der Waals surface area contributed by atoms with Gasteiger partial charge < -0.3 is 23.5 Å². The van der Waals surface area contributed by atoms with Crippen LogP contribution in [0, 0.1) is 5.82 Å². The molecule has 39 heavy (non-hydrogen) atoms. The number of aromatic nitrogens is 5. The van der Waals surface area contributed by atoms with Gasteiger partial charge in [0.1, 0.15) is 24.4 Å². The summed E-state index contributed by atoms with van der Waals surface area (Å²) < 4.78 is 41.9. The second kappa shape index (κ2) is 11.4. The van der Waals surface area contributed by atoms with Crippen LogP contribution in [0.1, 0.15) is 48.2 Å². The molecule has 1 aliphatic heterocycles. The Morgan fingerprint density at radius 2 is 2.00 bits per heavy atom. The van der Waals surface area contributed by atoms with E-state index in [1.807, 2.05) is 24.3 Å². The van der Waals surface area contributed by atoms with E-state index in [1.165, 1.54) is 6.07 Å². The molecule has 0 bridgehead atoms. The van der Waals surface area contributed by atoms with Gasteiger partial charge in [0, 0.05) is 28.9 Å². The lowest BCUT2D eigenvalue weighted by Crippen LogP contribution is -2.17. The van der Waals surface area contributed by atoms with Crippen molar-refractivity contribution in [3.63, 3.8) is 0 Å².